The van der Waals surface area contributed by atoms with Gasteiger partial charge in [-0.2, -0.15) is 0 Å². The smallest absolute Gasteiger partial charge is 0.241 e. The van der Waals surface area contributed by atoms with Crippen molar-refractivity contribution in [2.75, 3.05) is 13.1 Å². The number of hydrogen-bond acceptors (Lipinski definition) is 5. The Kier molecular flexibility index (Phi) is 7.00. The molecule has 3 rings (SSSR count). The molecule has 6 heteroatoms. The largest absolute Gasteiger partial charge is 0.354 e. The van der Waals surface area contributed by atoms with Gasteiger partial charge in [-0.15, -0.1) is 0 Å². The second kappa shape index (κ2) is 10.1. The quantitative estimate of drug-likeness (QED) is 0.610. The zero-order valence-corrected chi connectivity index (χ0v) is 15.1. The Balaban J connectivity index is 1.56. The predicted octanol–water partition coefficient (Wildman–Crippen LogP) is 2.10. The fourth-order valence-corrected chi connectivity index (χ4v) is 2.81. The number of amides is 1. The maximum atomic E-state index is 12.8. The number of carbonyl (C=O) groups excluding carboxylic acids is 1. The predicted molar refractivity (Wildman–Crippen MR) is 104 cm³/mol. The summed E-state index contributed by atoms with van der Waals surface area (Å²) in [5.74, 6) is -0.0403. The zero-order valence-electron chi connectivity index (χ0n) is 15.1. The van der Waals surface area contributed by atoms with Crippen molar-refractivity contribution in [1.82, 2.24) is 25.6 Å². The van der Waals surface area contributed by atoms with Crippen LogP contribution in [-0.4, -0.2) is 33.9 Å². The molecule has 1 atom stereocenters. The maximum Gasteiger partial charge on any atom is 0.241 e. The lowest BCUT2D eigenvalue weighted by Crippen LogP contribution is -2.39. The molecule has 138 valence electrons. The summed E-state index contributed by atoms with van der Waals surface area (Å²) in [6.07, 6.45) is 12.1. The lowest BCUT2D eigenvalue weighted by atomic mass is 10.1. The summed E-state index contributed by atoms with van der Waals surface area (Å²) in [6, 6.07) is 11.2. The fourth-order valence-electron chi connectivity index (χ4n) is 2.81. The van der Waals surface area contributed by atoms with Crippen LogP contribution in [0.15, 0.2) is 73.6 Å². The molecule has 0 aliphatic heterocycles. The van der Waals surface area contributed by atoms with Gasteiger partial charge in [0.25, 0.3) is 0 Å². The first-order valence-electron chi connectivity index (χ1n) is 9.02. The highest BCUT2D eigenvalue weighted by Crippen LogP contribution is 2.12. The summed E-state index contributed by atoms with van der Waals surface area (Å²) >= 11 is 0. The van der Waals surface area contributed by atoms with Crippen molar-refractivity contribution in [2.24, 2.45) is 0 Å². The minimum Gasteiger partial charge on any atom is -0.354 e. The van der Waals surface area contributed by atoms with Crippen LogP contribution in [0.5, 0.6) is 0 Å². The van der Waals surface area contributed by atoms with E-state index in [-0.39, 0.29) is 5.91 Å². The first-order valence-corrected chi connectivity index (χ1v) is 9.02. The molecule has 0 aliphatic rings. The highest BCUT2D eigenvalue weighted by atomic mass is 16.2. The van der Waals surface area contributed by atoms with E-state index in [0.717, 1.165) is 29.5 Å². The summed E-state index contributed by atoms with van der Waals surface area (Å²) in [7, 11) is 0. The highest BCUT2D eigenvalue weighted by molar-refractivity contribution is 5.83. The van der Waals surface area contributed by atoms with Gasteiger partial charge in [-0.05, 0) is 59.9 Å². The summed E-state index contributed by atoms with van der Waals surface area (Å²) in [4.78, 5) is 24.9. The van der Waals surface area contributed by atoms with Crippen LogP contribution in [-0.2, 0) is 17.6 Å². The van der Waals surface area contributed by atoms with E-state index in [1.807, 2.05) is 42.6 Å². The number of carbonyl (C=O) groups is 1. The molecule has 6 nitrogen and oxygen atoms in total. The molecule has 0 saturated heterocycles. The van der Waals surface area contributed by atoms with Gasteiger partial charge in [-0.25, -0.2) is 0 Å². The van der Waals surface area contributed by atoms with Crippen molar-refractivity contribution >= 4 is 5.91 Å². The van der Waals surface area contributed by atoms with Crippen LogP contribution >= 0.6 is 0 Å². The van der Waals surface area contributed by atoms with Crippen molar-refractivity contribution < 1.29 is 4.79 Å². The van der Waals surface area contributed by atoms with E-state index in [1.165, 1.54) is 0 Å². The number of hydrogen-bond donors (Lipinski definition) is 2. The third-order valence-electron chi connectivity index (χ3n) is 4.25. The monoisotopic (exact) mass is 361 g/mol. The zero-order chi connectivity index (χ0) is 18.7. The fraction of sp³-hybridized carbons (Fsp3) is 0.238. The molecule has 1 amide bonds. The molecule has 0 fully saturated rings. The van der Waals surface area contributed by atoms with Crippen LogP contribution in [0.3, 0.4) is 0 Å². The van der Waals surface area contributed by atoms with Gasteiger partial charge in [-0.1, -0.05) is 6.07 Å². The first-order chi connectivity index (χ1) is 13.3. The Hall–Kier alpha value is -3.12. The first kappa shape index (κ1) is 18.7. The molecular weight excluding hydrogens is 338 g/mol. The molecule has 0 radical (unpaired) electrons. The van der Waals surface area contributed by atoms with Gasteiger partial charge in [0.1, 0.15) is 6.04 Å². The van der Waals surface area contributed by atoms with Crippen LogP contribution in [0.25, 0.3) is 0 Å². The Morgan fingerprint density at radius 2 is 1.52 bits per heavy atom. The Morgan fingerprint density at radius 3 is 2.22 bits per heavy atom. The third kappa shape index (κ3) is 5.97. The molecule has 1 unspecified atom stereocenters. The van der Waals surface area contributed by atoms with E-state index < -0.39 is 6.04 Å². The molecule has 3 heterocycles. The van der Waals surface area contributed by atoms with Gasteiger partial charge in [0.05, 0.1) is 0 Å². The molecule has 0 spiro atoms. The molecule has 2 N–H and O–H groups in total. The number of nitrogens with one attached hydrogen (secondary N) is 2. The average Bonchev–Trinajstić information content (AvgIpc) is 2.73. The molecule has 3 aromatic heterocycles. The number of rotatable bonds is 9. The van der Waals surface area contributed by atoms with Gasteiger partial charge in [0, 0.05) is 50.3 Å². The number of pyridine rings is 3. The second-order valence-electron chi connectivity index (χ2n) is 6.18. The molecule has 0 aliphatic carbocycles. The van der Waals surface area contributed by atoms with E-state index >= 15 is 0 Å². The van der Waals surface area contributed by atoms with Gasteiger partial charge < -0.3 is 10.6 Å². The normalized spacial score (nSPS) is 11.7. The number of nitrogens with zero attached hydrogens (tertiary/aromatic N) is 3. The van der Waals surface area contributed by atoms with Crippen LogP contribution in [0, 0.1) is 0 Å². The topological polar surface area (TPSA) is 79.8 Å². The second-order valence-corrected chi connectivity index (χ2v) is 6.18. The number of aromatic nitrogens is 3. The van der Waals surface area contributed by atoms with E-state index in [1.54, 1.807) is 31.0 Å². The van der Waals surface area contributed by atoms with Crippen LogP contribution in [0.1, 0.15) is 22.7 Å². The Morgan fingerprint density at radius 1 is 0.815 bits per heavy atom. The van der Waals surface area contributed by atoms with Gasteiger partial charge in [0.15, 0.2) is 0 Å². The van der Waals surface area contributed by atoms with Crippen molar-refractivity contribution in [2.45, 2.75) is 18.9 Å². The Labute approximate surface area is 159 Å². The molecule has 27 heavy (non-hydrogen) atoms. The van der Waals surface area contributed by atoms with E-state index in [2.05, 4.69) is 25.6 Å². The summed E-state index contributed by atoms with van der Waals surface area (Å²) < 4.78 is 0. The van der Waals surface area contributed by atoms with Crippen molar-refractivity contribution in [3.8, 4) is 0 Å². The lowest BCUT2D eigenvalue weighted by molar-refractivity contribution is -0.123. The van der Waals surface area contributed by atoms with Crippen molar-refractivity contribution in [3.05, 3.63) is 90.3 Å². The minimum atomic E-state index is -0.415. The standard InChI is InChI=1S/C21H23N5O/c27-21(26-15-5-17-3-10-22-11-4-17)20(19-7-12-23-13-8-19)25-14-6-18-2-1-9-24-16-18/h1-4,7-13,16,20,25H,5-6,14-15H2,(H,26,27). The van der Waals surface area contributed by atoms with E-state index in [4.69, 9.17) is 0 Å². The van der Waals surface area contributed by atoms with Crippen molar-refractivity contribution in [3.63, 3.8) is 0 Å². The van der Waals surface area contributed by atoms with E-state index in [9.17, 15) is 4.79 Å². The Bertz CT molecular complexity index is 812. The molecule has 3 aromatic rings. The van der Waals surface area contributed by atoms with Crippen molar-refractivity contribution in [1.29, 1.82) is 0 Å². The molecular formula is C21H23N5O. The van der Waals surface area contributed by atoms with Crippen LogP contribution in [0.4, 0.5) is 0 Å². The molecule has 0 aromatic carbocycles. The third-order valence-corrected chi connectivity index (χ3v) is 4.25. The van der Waals surface area contributed by atoms with Gasteiger partial charge >= 0.3 is 0 Å². The van der Waals surface area contributed by atoms with Crippen LogP contribution in [0.2, 0.25) is 0 Å². The molecule has 0 bridgehead atoms. The summed E-state index contributed by atoms with van der Waals surface area (Å²) in [5.41, 5.74) is 3.18. The van der Waals surface area contributed by atoms with E-state index in [0.29, 0.717) is 13.1 Å². The minimum absolute atomic E-state index is 0.0403. The summed E-state index contributed by atoms with van der Waals surface area (Å²) in [5, 5.41) is 6.38. The van der Waals surface area contributed by atoms with Gasteiger partial charge in [0.2, 0.25) is 5.91 Å². The lowest BCUT2D eigenvalue weighted by Gasteiger charge is -2.19. The van der Waals surface area contributed by atoms with Crippen LogP contribution < -0.4 is 10.6 Å². The SMILES string of the molecule is O=C(NCCc1ccncc1)C(NCCc1cccnc1)c1ccncc1. The average molecular weight is 361 g/mol. The maximum absolute atomic E-state index is 12.8. The summed E-state index contributed by atoms with van der Waals surface area (Å²) in [6.45, 7) is 1.26. The highest BCUT2D eigenvalue weighted by Gasteiger charge is 2.19. The molecule has 0 saturated carbocycles. The van der Waals surface area contributed by atoms with Gasteiger partial charge in [-0.3, -0.25) is 19.7 Å².